The third kappa shape index (κ3) is 2.55. The summed E-state index contributed by atoms with van der Waals surface area (Å²) in [6, 6.07) is 2.01. The molecular weight excluding hydrogens is 224 g/mol. The van der Waals surface area contributed by atoms with E-state index >= 15 is 0 Å². The third-order valence-electron chi connectivity index (χ3n) is 1.15. The van der Waals surface area contributed by atoms with Crippen LogP contribution in [0.5, 0.6) is 0 Å². The van der Waals surface area contributed by atoms with Gasteiger partial charge in [-0.15, -0.1) is 0 Å². The number of aromatic nitrogens is 1. The topological polar surface area (TPSA) is 89.4 Å². The van der Waals surface area contributed by atoms with Gasteiger partial charge in [0.05, 0.1) is 5.75 Å². The summed E-state index contributed by atoms with van der Waals surface area (Å²) in [4.78, 5) is 0. The second kappa shape index (κ2) is 4.41. The highest BCUT2D eigenvalue weighted by molar-refractivity contribution is 8.00. The Hall–Kier alpha value is -0.840. The zero-order valence-electron chi connectivity index (χ0n) is 6.46. The maximum Gasteiger partial charge on any atom is 0.127 e. The highest BCUT2D eigenvalue weighted by Gasteiger charge is 2.07. The van der Waals surface area contributed by atoms with E-state index in [1.54, 1.807) is 0 Å². The van der Waals surface area contributed by atoms with Crippen LogP contribution in [0.2, 0.25) is 0 Å². The molecule has 0 saturated carbocycles. The molecule has 0 fully saturated rings. The molecule has 1 aromatic heterocycles. The van der Waals surface area contributed by atoms with Crippen LogP contribution in [-0.4, -0.2) is 16.0 Å². The first-order chi connectivity index (χ1) is 6.15. The maximum absolute atomic E-state index is 8.73. The molecule has 1 aromatic rings. The van der Waals surface area contributed by atoms with Crippen LogP contribution in [-0.2, 0) is 0 Å². The van der Waals surface area contributed by atoms with Crippen molar-refractivity contribution in [1.82, 2.24) is 4.37 Å². The fourth-order valence-corrected chi connectivity index (χ4v) is 2.53. The molecule has 0 bridgehead atoms. The first-order valence-corrected chi connectivity index (χ1v) is 5.43. The van der Waals surface area contributed by atoms with Crippen molar-refractivity contribution in [1.29, 1.82) is 10.7 Å². The largest absolute Gasteiger partial charge is 0.387 e. The Bertz CT molecular complexity index is 410. The number of thioether (sulfide) groups is 1. The zero-order chi connectivity index (χ0) is 9.84. The number of hydrogen-bond acceptors (Lipinski definition) is 5. The number of rotatable bonds is 3. The predicted molar refractivity (Wildman–Crippen MR) is 56.9 cm³/mol. The average Bonchev–Trinajstić information content (AvgIpc) is 2.42. The summed E-state index contributed by atoms with van der Waals surface area (Å²) in [5, 5.41) is 16.4. The number of amidine groups is 1. The maximum atomic E-state index is 8.73. The minimum absolute atomic E-state index is 0.0828. The van der Waals surface area contributed by atoms with Crippen molar-refractivity contribution < 1.29 is 0 Å². The van der Waals surface area contributed by atoms with Gasteiger partial charge in [-0.2, -0.15) is 5.26 Å². The SMILES string of the molecule is N#Cc1c(SCC(=N)N)[nH]sc1=S. The molecule has 0 aromatic carbocycles. The molecule has 0 aliphatic carbocycles. The molecule has 0 aliphatic heterocycles. The Labute approximate surface area is 88.4 Å². The molecule has 7 heteroatoms. The van der Waals surface area contributed by atoms with Crippen molar-refractivity contribution >= 4 is 41.3 Å². The van der Waals surface area contributed by atoms with Crippen molar-refractivity contribution in [2.45, 2.75) is 5.03 Å². The van der Waals surface area contributed by atoms with Gasteiger partial charge in [-0.1, -0.05) is 24.0 Å². The number of aromatic amines is 1. The van der Waals surface area contributed by atoms with E-state index in [2.05, 4.69) is 4.37 Å². The van der Waals surface area contributed by atoms with Crippen LogP contribution in [0.3, 0.4) is 0 Å². The smallest absolute Gasteiger partial charge is 0.127 e. The molecule has 0 spiro atoms. The molecular formula is C6H6N4S3. The molecule has 0 radical (unpaired) electrons. The lowest BCUT2D eigenvalue weighted by atomic mass is 10.4. The van der Waals surface area contributed by atoms with Crippen LogP contribution >= 0.6 is 35.5 Å². The van der Waals surface area contributed by atoms with E-state index in [1.165, 1.54) is 23.3 Å². The van der Waals surface area contributed by atoms with Crippen molar-refractivity contribution in [2.75, 3.05) is 5.75 Å². The van der Waals surface area contributed by atoms with Gasteiger partial charge in [-0.3, -0.25) is 5.41 Å². The molecule has 1 heterocycles. The number of hydrogen-bond donors (Lipinski definition) is 3. The fourth-order valence-electron chi connectivity index (χ4n) is 0.635. The van der Waals surface area contributed by atoms with Gasteiger partial charge in [-0.25, -0.2) is 0 Å². The number of nitrogens with one attached hydrogen (secondary N) is 2. The van der Waals surface area contributed by atoms with Gasteiger partial charge < -0.3 is 10.1 Å². The lowest BCUT2D eigenvalue weighted by Gasteiger charge is -1.95. The second-order valence-electron chi connectivity index (χ2n) is 2.12. The number of H-pyrrole nitrogens is 1. The van der Waals surface area contributed by atoms with E-state index in [4.69, 9.17) is 28.6 Å². The van der Waals surface area contributed by atoms with E-state index in [0.717, 1.165) is 0 Å². The third-order valence-corrected chi connectivity index (χ3v) is 3.48. The molecule has 68 valence electrons. The molecule has 0 aliphatic rings. The van der Waals surface area contributed by atoms with Crippen molar-refractivity contribution in [3.8, 4) is 6.07 Å². The van der Waals surface area contributed by atoms with Gasteiger partial charge in [-0.05, 0) is 11.5 Å². The second-order valence-corrected chi connectivity index (χ2v) is 4.59. The van der Waals surface area contributed by atoms with E-state index in [0.29, 0.717) is 20.2 Å². The van der Waals surface area contributed by atoms with Gasteiger partial charge >= 0.3 is 0 Å². The molecule has 0 atom stereocenters. The molecule has 4 nitrogen and oxygen atoms in total. The van der Waals surface area contributed by atoms with Crippen LogP contribution in [0.1, 0.15) is 5.56 Å². The minimum atomic E-state index is 0.0828. The Morgan fingerprint density at radius 3 is 3.08 bits per heavy atom. The lowest BCUT2D eigenvalue weighted by molar-refractivity contribution is 1.25. The average molecular weight is 230 g/mol. The first kappa shape index (κ1) is 10.2. The van der Waals surface area contributed by atoms with E-state index in [9.17, 15) is 0 Å². The molecule has 1 rings (SSSR count). The lowest BCUT2D eigenvalue weighted by Crippen LogP contribution is -2.12. The Kier molecular flexibility index (Phi) is 3.48. The van der Waals surface area contributed by atoms with Gasteiger partial charge in [0, 0.05) is 0 Å². The van der Waals surface area contributed by atoms with Gasteiger partial charge in [0.25, 0.3) is 0 Å². The van der Waals surface area contributed by atoms with E-state index < -0.39 is 0 Å². The number of nitriles is 1. The Balaban J connectivity index is 2.84. The van der Waals surface area contributed by atoms with Crippen LogP contribution in [0.25, 0.3) is 0 Å². The summed E-state index contributed by atoms with van der Waals surface area (Å²) in [7, 11) is 0. The highest BCUT2D eigenvalue weighted by atomic mass is 32.2. The van der Waals surface area contributed by atoms with Crippen molar-refractivity contribution in [2.24, 2.45) is 5.73 Å². The van der Waals surface area contributed by atoms with E-state index in [1.807, 2.05) is 6.07 Å². The number of nitrogens with zero attached hydrogens (tertiary/aromatic N) is 1. The van der Waals surface area contributed by atoms with Crippen LogP contribution < -0.4 is 5.73 Å². The molecule has 4 N–H and O–H groups in total. The van der Waals surface area contributed by atoms with Crippen molar-refractivity contribution in [3.63, 3.8) is 0 Å². The number of nitrogens with two attached hydrogens (primary N) is 1. The predicted octanol–water partition coefficient (Wildman–Crippen LogP) is 1.71. The highest BCUT2D eigenvalue weighted by Crippen LogP contribution is 2.23. The summed E-state index contributed by atoms with van der Waals surface area (Å²) >= 11 is 7.48. The standard InChI is InChI=1S/C6H6N4S3/c7-1-3-5(10-13-6(3)11)12-2-4(8)9/h10H,2H2,(H3,8,9). The Morgan fingerprint density at radius 2 is 2.54 bits per heavy atom. The first-order valence-electron chi connectivity index (χ1n) is 3.22. The minimum Gasteiger partial charge on any atom is -0.387 e. The zero-order valence-corrected chi connectivity index (χ0v) is 8.91. The molecule has 0 unspecified atom stereocenters. The summed E-state index contributed by atoms with van der Waals surface area (Å²) < 4.78 is 3.46. The fraction of sp³-hybridized carbons (Fsp3) is 0.167. The van der Waals surface area contributed by atoms with Gasteiger partial charge in [0.15, 0.2) is 0 Å². The van der Waals surface area contributed by atoms with Gasteiger partial charge in [0.2, 0.25) is 0 Å². The van der Waals surface area contributed by atoms with E-state index in [-0.39, 0.29) is 5.84 Å². The van der Waals surface area contributed by atoms with Crippen LogP contribution in [0.15, 0.2) is 5.03 Å². The summed E-state index contributed by atoms with van der Waals surface area (Å²) in [5.41, 5.74) is 5.66. The molecule has 13 heavy (non-hydrogen) atoms. The van der Waals surface area contributed by atoms with Crippen LogP contribution in [0, 0.1) is 20.6 Å². The van der Waals surface area contributed by atoms with Gasteiger partial charge in [0.1, 0.15) is 26.3 Å². The molecule has 0 amide bonds. The summed E-state index contributed by atoms with van der Waals surface area (Å²) in [6.45, 7) is 0. The normalized spacial score (nSPS) is 9.46. The van der Waals surface area contributed by atoms with Crippen molar-refractivity contribution in [3.05, 3.63) is 9.39 Å². The summed E-state index contributed by atoms with van der Waals surface area (Å²) in [6.07, 6.45) is 0. The summed E-state index contributed by atoms with van der Waals surface area (Å²) in [5.74, 6) is 0.454. The monoisotopic (exact) mass is 230 g/mol. The molecule has 0 saturated heterocycles. The van der Waals surface area contributed by atoms with Crippen LogP contribution in [0.4, 0.5) is 0 Å². The Morgan fingerprint density at radius 1 is 1.85 bits per heavy atom. The quantitative estimate of drug-likeness (QED) is 0.319.